The summed E-state index contributed by atoms with van der Waals surface area (Å²) >= 11 is 0. The average Bonchev–Trinajstić information content (AvgIpc) is 3.11. The molecule has 1 saturated heterocycles. The summed E-state index contributed by atoms with van der Waals surface area (Å²) in [4.78, 5) is 32.2. The fourth-order valence-electron chi connectivity index (χ4n) is 4.01. The predicted octanol–water partition coefficient (Wildman–Crippen LogP) is 1.40. The van der Waals surface area contributed by atoms with Gasteiger partial charge in [0.1, 0.15) is 0 Å². The Morgan fingerprint density at radius 1 is 1.10 bits per heavy atom. The van der Waals surface area contributed by atoms with Gasteiger partial charge in [-0.1, -0.05) is 37.3 Å². The molecule has 1 aromatic carbocycles. The normalized spacial score (nSPS) is 16.5. The van der Waals surface area contributed by atoms with Crippen LogP contribution in [0.25, 0.3) is 11.2 Å². The van der Waals surface area contributed by atoms with Crippen molar-refractivity contribution in [1.82, 2.24) is 18.7 Å². The summed E-state index contributed by atoms with van der Waals surface area (Å²) in [6, 6.07) is 9.37. The lowest BCUT2D eigenvalue weighted by Gasteiger charge is -2.31. The van der Waals surface area contributed by atoms with Gasteiger partial charge in [0.15, 0.2) is 11.2 Å². The van der Waals surface area contributed by atoms with Crippen LogP contribution in [-0.4, -0.2) is 36.9 Å². The van der Waals surface area contributed by atoms with Gasteiger partial charge in [0.05, 0.1) is 12.6 Å². The Bertz CT molecular complexity index is 1140. The van der Waals surface area contributed by atoms with E-state index in [0.717, 1.165) is 36.1 Å². The second-order valence-corrected chi connectivity index (χ2v) is 8.00. The molecule has 0 unspecified atom stereocenters. The number of benzene rings is 1. The lowest BCUT2D eigenvalue weighted by atomic mass is 10.00. The molecular formula is C21H27N5O3. The highest BCUT2D eigenvalue weighted by molar-refractivity contribution is 5.74. The van der Waals surface area contributed by atoms with E-state index < -0.39 is 17.4 Å². The maximum atomic E-state index is 13.0. The van der Waals surface area contributed by atoms with E-state index in [0.29, 0.717) is 23.0 Å². The van der Waals surface area contributed by atoms with E-state index in [2.05, 4.69) is 11.8 Å². The van der Waals surface area contributed by atoms with E-state index in [9.17, 15) is 14.7 Å². The highest BCUT2D eigenvalue weighted by atomic mass is 16.3. The first kappa shape index (κ1) is 19.4. The molecule has 0 aliphatic carbocycles. The third-order valence-corrected chi connectivity index (χ3v) is 5.93. The molecule has 8 heteroatoms. The van der Waals surface area contributed by atoms with Crippen molar-refractivity contribution in [1.29, 1.82) is 0 Å². The molecule has 0 amide bonds. The number of piperidine rings is 1. The number of aromatic nitrogens is 4. The van der Waals surface area contributed by atoms with Crippen molar-refractivity contribution in [2.24, 2.45) is 20.0 Å². The number of nitrogens with zero attached hydrogens (tertiary/aromatic N) is 5. The van der Waals surface area contributed by atoms with E-state index in [4.69, 9.17) is 4.98 Å². The van der Waals surface area contributed by atoms with Gasteiger partial charge < -0.3 is 14.6 Å². The number of hydrogen-bond donors (Lipinski definition) is 1. The Kier molecular flexibility index (Phi) is 5.04. The van der Waals surface area contributed by atoms with Crippen molar-refractivity contribution in [2.75, 3.05) is 18.0 Å². The van der Waals surface area contributed by atoms with Crippen molar-refractivity contribution in [3.8, 4) is 0 Å². The molecule has 1 fully saturated rings. The molecule has 2 aromatic heterocycles. The quantitative estimate of drug-likeness (QED) is 0.719. The zero-order valence-corrected chi connectivity index (χ0v) is 17.1. The Hall–Kier alpha value is -2.87. The molecule has 0 radical (unpaired) electrons. The van der Waals surface area contributed by atoms with Gasteiger partial charge in [0, 0.05) is 27.2 Å². The largest absolute Gasteiger partial charge is 0.387 e. The first-order valence-electron chi connectivity index (χ1n) is 10.0. The molecule has 0 bridgehead atoms. The maximum absolute atomic E-state index is 13.0. The Labute approximate surface area is 168 Å². The van der Waals surface area contributed by atoms with Crippen LogP contribution in [0.2, 0.25) is 0 Å². The molecule has 3 aromatic rings. The predicted molar refractivity (Wildman–Crippen MR) is 112 cm³/mol. The van der Waals surface area contributed by atoms with Crippen LogP contribution < -0.4 is 16.1 Å². The van der Waals surface area contributed by atoms with Crippen molar-refractivity contribution >= 4 is 17.1 Å². The summed E-state index contributed by atoms with van der Waals surface area (Å²) in [5.74, 6) is 1.29. The molecule has 1 N–H and O–H groups in total. The number of aliphatic hydroxyl groups is 1. The number of rotatable bonds is 4. The van der Waals surface area contributed by atoms with Gasteiger partial charge >= 0.3 is 5.69 Å². The number of imidazole rings is 1. The van der Waals surface area contributed by atoms with Crippen LogP contribution in [0.1, 0.15) is 31.4 Å². The number of anilines is 1. The van der Waals surface area contributed by atoms with E-state index in [1.165, 1.54) is 11.6 Å². The van der Waals surface area contributed by atoms with Crippen LogP contribution in [0.5, 0.6) is 0 Å². The summed E-state index contributed by atoms with van der Waals surface area (Å²) in [6.07, 6.45) is 1.29. The molecule has 0 saturated carbocycles. The highest BCUT2D eigenvalue weighted by Gasteiger charge is 2.26. The third kappa shape index (κ3) is 3.37. The molecule has 8 nitrogen and oxygen atoms in total. The zero-order chi connectivity index (χ0) is 20.7. The first-order valence-corrected chi connectivity index (χ1v) is 10.0. The number of aliphatic hydroxyl groups excluding tert-OH is 1. The van der Waals surface area contributed by atoms with Gasteiger partial charge in [-0.2, -0.15) is 4.98 Å². The highest BCUT2D eigenvalue weighted by Crippen LogP contribution is 2.27. The fourth-order valence-corrected chi connectivity index (χ4v) is 4.01. The van der Waals surface area contributed by atoms with Crippen molar-refractivity contribution < 1.29 is 5.11 Å². The van der Waals surface area contributed by atoms with Crippen molar-refractivity contribution in [3.63, 3.8) is 0 Å². The van der Waals surface area contributed by atoms with Crippen LogP contribution in [-0.2, 0) is 20.6 Å². The summed E-state index contributed by atoms with van der Waals surface area (Å²) < 4.78 is 4.28. The molecule has 0 spiro atoms. The van der Waals surface area contributed by atoms with Gasteiger partial charge in [-0.3, -0.25) is 13.9 Å². The zero-order valence-electron chi connectivity index (χ0n) is 17.1. The standard InChI is InChI=1S/C21H27N5O3/c1-14-9-11-25(12-10-14)20-22-18-17(19(28)24(3)21(29)23(18)2)26(20)13-16(27)15-7-5-4-6-8-15/h4-8,14,16,27H,9-13H2,1-3H3/t16-/m0/s1. The average molecular weight is 397 g/mol. The van der Waals surface area contributed by atoms with Gasteiger partial charge in [-0.15, -0.1) is 0 Å². The molecule has 1 aliphatic rings. The molecule has 154 valence electrons. The third-order valence-electron chi connectivity index (χ3n) is 5.93. The number of hydrogen-bond acceptors (Lipinski definition) is 5. The van der Waals surface area contributed by atoms with Crippen LogP contribution >= 0.6 is 0 Å². The molecule has 3 heterocycles. The van der Waals surface area contributed by atoms with Crippen LogP contribution in [0.4, 0.5) is 5.95 Å². The smallest absolute Gasteiger partial charge is 0.332 e. The summed E-state index contributed by atoms with van der Waals surface area (Å²) in [5, 5.41) is 10.9. The SMILES string of the molecule is CC1CCN(c2nc3c(c(=O)n(C)c(=O)n3C)n2C[C@H](O)c2ccccc2)CC1. The van der Waals surface area contributed by atoms with Gasteiger partial charge in [-0.05, 0) is 24.3 Å². The minimum atomic E-state index is -0.794. The van der Waals surface area contributed by atoms with Crippen molar-refractivity contribution in [3.05, 3.63) is 56.7 Å². The molecule has 1 aliphatic heterocycles. The van der Waals surface area contributed by atoms with Crippen molar-refractivity contribution in [2.45, 2.75) is 32.4 Å². The van der Waals surface area contributed by atoms with E-state index >= 15 is 0 Å². The summed E-state index contributed by atoms with van der Waals surface area (Å²) in [7, 11) is 3.09. The second kappa shape index (κ2) is 7.51. The Morgan fingerprint density at radius 3 is 2.41 bits per heavy atom. The number of aryl methyl sites for hydroxylation is 1. The minimum Gasteiger partial charge on any atom is -0.387 e. The van der Waals surface area contributed by atoms with E-state index in [1.54, 1.807) is 11.6 Å². The fraction of sp³-hybridized carbons (Fsp3) is 0.476. The van der Waals surface area contributed by atoms with Gasteiger partial charge in [-0.25, -0.2) is 4.79 Å². The Balaban J connectivity index is 1.88. The minimum absolute atomic E-state index is 0.190. The molecule has 29 heavy (non-hydrogen) atoms. The van der Waals surface area contributed by atoms with Crippen LogP contribution in [0.3, 0.4) is 0 Å². The van der Waals surface area contributed by atoms with Gasteiger partial charge in [0.25, 0.3) is 5.56 Å². The first-order chi connectivity index (χ1) is 13.9. The lowest BCUT2D eigenvalue weighted by molar-refractivity contribution is 0.158. The number of fused-ring (bicyclic) bond motifs is 1. The maximum Gasteiger partial charge on any atom is 0.332 e. The molecular weight excluding hydrogens is 370 g/mol. The van der Waals surface area contributed by atoms with E-state index in [-0.39, 0.29) is 6.54 Å². The second-order valence-electron chi connectivity index (χ2n) is 8.00. The summed E-state index contributed by atoms with van der Waals surface area (Å²) in [5.41, 5.74) is 0.668. The topological polar surface area (TPSA) is 85.3 Å². The monoisotopic (exact) mass is 397 g/mol. The summed E-state index contributed by atoms with van der Waals surface area (Å²) in [6.45, 7) is 4.09. The lowest BCUT2D eigenvalue weighted by Crippen LogP contribution is -2.38. The molecule has 4 rings (SSSR count). The van der Waals surface area contributed by atoms with Crippen LogP contribution in [0.15, 0.2) is 39.9 Å². The Morgan fingerprint density at radius 2 is 1.76 bits per heavy atom. The molecule has 1 atom stereocenters. The van der Waals surface area contributed by atoms with E-state index in [1.807, 2.05) is 30.3 Å². The van der Waals surface area contributed by atoms with Gasteiger partial charge in [0.2, 0.25) is 5.95 Å². The van der Waals surface area contributed by atoms with Crippen LogP contribution in [0, 0.1) is 5.92 Å².